The summed E-state index contributed by atoms with van der Waals surface area (Å²) in [5, 5.41) is 0. The van der Waals surface area contributed by atoms with Crippen LogP contribution in [0.2, 0.25) is 0 Å². The van der Waals surface area contributed by atoms with Gasteiger partial charge in [-0.1, -0.05) is 61.8 Å². The molecule has 0 amide bonds. The molecule has 2 unspecified atom stereocenters. The molecule has 20 heavy (non-hydrogen) atoms. The van der Waals surface area contributed by atoms with Crippen molar-refractivity contribution in [3.63, 3.8) is 0 Å². The van der Waals surface area contributed by atoms with E-state index in [0.29, 0.717) is 22.8 Å². The lowest BCUT2D eigenvalue weighted by atomic mass is 9.89. The zero-order valence-electron chi connectivity index (χ0n) is 13.2. The van der Waals surface area contributed by atoms with Crippen LogP contribution in [0.3, 0.4) is 0 Å². The SMILES string of the molecule is CC(C)c1ccc(C(Br)CC2CCCO2)c(C(C)C)c1. The van der Waals surface area contributed by atoms with Crippen molar-refractivity contribution in [3.8, 4) is 0 Å². The number of rotatable bonds is 5. The Labute approximate surface area is 132 Å². The van der Waals surface area contributed by atoms with Gasteiger partial charge in [0.2, 0.25) is 0 Å². The Hall–Kier alpha value is -0.340. The second kappa shape index (κ2) is 7.09. The van der Waals surface area contributed by atoms with E-state index in [1.165, 1.54) is 29.5 Å². The van der Waals surface area contributed by atoms with E-state index in [4.69, 9.17) is 4.74 Å². The minimum absolute atomic E-state index is 0.407. The Morgan fingerprint density at radius 3 is 2.45 bits per heavy atom. The lowest BCUT2D eigenvalue weighted by Gasteiger charge is -2.22. The molecule has 1 aromatic rings. The van der Waals surface area contributed by atoms with Crippen molar-refractivity contribution in [1.29, 1.82) is 0 Å². The van der Waals surface area contributed by atoms with Gasteiger partial charge >= 0.3 is 0 Å². The van der Waals surface area contributed by atoms with Crippen molar-refractivity contribution < 1.29 is 4.74 Å². The first-order valence-corrected chi connectivity index (χ1v) is 8.80. The largest absolute Gasteiger partial charge is 0.378 e. The Kier molecular flexibility index (Phi) is 5.68. The van der Waals surface area contributed by atoms with E-state index < -0.39 is 0 Å². The highest BCUT2D eigenvalue weighted by Crippen LogP contribution is 2.37. The molecule has 2 rings (SSSR count). The number of halogens is 1. The second-order valence-electron chi connectivity index (χ2n) is 6.54. The molecule has 1 nitrogen and oxygen atoms in total. The van der Waals surface area contributed by atoms with Gasteiger partial charge in [-0.3, -0.25) is 0 Å². The third-order valence-electron chi connectivity index (χ3n) is 4.23. The summed E-state index contributed by atoms with van der Waals surface area (Å²) in [5.41, 5.74) is 4.37. The molecule has 0 N–H and O–H groups in total. The van der Waals surface area contributed by atoms with Crippen LogP contribution in [0.25, 0.3) is 0 Å². The van der Waals surface area contributed by atoms with E-state index >= 15 is 0 Å². The summed E-state index contributed by atoms with van der Waals surface area (Å²) < 4.78 is 5.78. The third kappa shape index (κ3) is 3.85. The average molecular weight is 339 g/mol. The Balaban J connectivity index is 2.20. The Bertz CT molecular complexity index is 433. The fourth-order valence-electron chi connectivity index (χ4n) is 2.93. The van der Waals surface area contributed by atoms with Gasteiger partial charge < -0.3 is 4.74 Å². The summed E-state index contributed by atoms with van der Waals surface area (Å²) in [4.78, 5) is 0.407. The van der Waals surface area contributed by atoms with Crippen molar-refractivity contribution in [1.82, 2.24) is 0 Å². The first-order chi connectivity index (χ1) is 9.49. The molecular formula is C18H27BrO. The monoisotopic (exact) mass is 338 g/mol. The maximum absolute atomic E-state index is 5.78. The van der Waals surface area contributed by atoms with Crippen LogP contribution in [0.5, 0.6) is 0 Å². The molecule has 112 valence electrons. The first-order valence-electron chi connectivity index (χ1n) is 7.88. The number of hydrogen-bond acceptors (Lipinski definition) is 1. The topological polar surface area (TPSA) is 9.23 Å². The molecule has 1 aromatic carbocycles. The van der Waals surface area contributed by atoms with E-state index in [1.807, 2.05) is 0 Å². The number of benzene rings is 1. The fraction of sp³-hybridized carbons (Fsp3) is 0.667. The van der Waals surface area contributed by atoms with Crippen LogP contribution in [0.15, 0.2) is 18.2 Å². The molecule has 1 heterocycles. The van der Waals surface area contributed by atoms with Crippen LogP contribution in [0, 0.1) is 0 Å². The van der Waals surface area contributed by atoms with Gasteiger partial charge in [-0.15, -0.1) is 0 Å². The fourth-order valence-corrected chi connectivity index (χ4v) is 3.76. The molecule has 1 saturated heterocycles. The molecule has 2 atom stereocenters. The summed E-state index contributed by atoms with van der Waals surface area (Å²) in [6.45, 7) is 10.0. The van der Waals surface area contributed by atoms with Crippen LogP contribution < -0.4 is 0 Å². The number of alkyl halides is 1. The van der Waals surface area contributed by atoms with Crippen molar-refractivity contribution in [2.75, 3.05) is 6.61 Å². The van der Waals surface area contributed by atoms with Crippen molar-refractivity contribution in [3.05, 3.63) is 34.9 Å². The summed E-state index contributed by atoms with van der Waals surface area (Å²) >= 11 is 3.90. The van der Waals surface area contributed by atoms with Gasteiger partial charge in [-0.2, -0.15) is 0 Å². The summed E-state index contributed by atoms with van der Waals surface area (Å²) in [7, 11) is 0. The molecule has 2 heteroatoms. The lowest BCUT2D eigenvalue weighted by molar-refractivity contribution is 0.104. The predicted octanol–water partition coefficient (Wildman–Crippen LogP) is 5.94. The van der Waals surface area contributed by atoms with Gasteiger partial charge in [0.1, 0.15) is 0 Å². The second-order valence-corrected chi connectivity index (χ2v) is 7.64. The van der Waals surface area contributed by atoms with Crippen molar-refractivity contribution in [2.45, 2.75) is 69.7 Å². The van der Waals surface area contributed by atoms with Crippen LogP contribution in [0.1, 0.15) is 80.3 Å². The van der Waals surface area contributed by atoms with Gasteiger partial charge in [0.25, 0.3) is 0 Å². The molecule has 0 radical (unpaired) electrons. The molecule has 0 aliphatic carbocycles. The summed E-state index contributed by atoms with van der Waals surface area (Å²) in [5.74, 6) is 1.15. The maximum atomic E-state index is 5.78. The van der Waals surface area contributed by atoms with E-state index in [9.17, 15) is 0 Å². The van der Waals surface area contributed by atoms with Crippen molar-refractivity contribution in [2.24, 2.45) is 0 Å². The molecule has 1 aliphatic rings. The van der Waals surface area contributed by atoms with E-state index in [1.54, 1.807) is 0 Å². The van der Waals surface area contributed by atoms with E-state index in [-0.39, 0.29) is 0 Å². The zero-order chi connectivity index (χ0) is 14.7. The standard InChI is InChI=1S/C18H27BrO/c1-12(2)14-7-8-16(17(10-14)13(3)4)18(19)11-15-6-5-9-20-15/h7-8,10,12-13,15,18H,5-6,9,11H2,1-4H3. The quantitative estimate of drug-likeness (QED) is 0.603. The molecule has 0 bridgehead atoms. The van der Waals surface area contributed by atoms with Gasteiger partial charge in [0.05, 0.1) is 6.10 Å². The van der Waals surface area contributed by atoms with Gasteiger partial charge in [-0.25, -0.2) is 0 Å². The average Bonchev–Trinajstić information content (AvgIpc) is 2.90. The predicted molar refractivity (Wildman–Crippen MR) is 89.9 cm³/mol. The highest BCUT2D eigenvalue weighted by Gasteiger charge is 2.22. The number of hydrogen-bond donors (Lipinski definition) is 0. The zero-order valence-corrected chi connectivity index (χ0v) is 14.7. The van der Waals surface area contributed by atoms with E-state index in [2.05, 4.69) is 61.8 Å². The molecular weight excluding hydrogens is 312 g/mol. The minimum Gasteiger partial charge on any atom is -0.378 e. The van der Waals surface area contributed by atoms with Crippen LogP contribution in [-0.4, -0.2) is 12.7 Å². The van der Waals surface area contributed by atoms with Crippen LogP contribution in [-0.2, 0) is 4.74 Å². The molecule has 0 aromatic heterocycles. The number of ether oxygens (including phenoxy) is 1. The molecule has 1 aliphatic heterocycles. The summed E-state index contributed by atoms with van der Waals surface area (Å²) in [6, 6.07) is 7.00. The Morgan fingerprint density at radius 1 is 1.15 bits per heavy atom. The van der Waals surface area contributed by atoms with Gasteiger partial charge in [-0.05, 0) is 47.8 Å². The Morgan fingerprint density at radius 2 is 1.90 bits per heavy atom. The molecule has 0 spiro atoms. The smallest absolute Gasteiger partial charge is 0.0589 e. The van der Waals surface area contributed by atoms with Gasteiger partial charge in [0, 0.05) is 11.4 Å². The van der Waals surface area contributed by atoms with E-state index in [0.717, 1.165) is 13.0 Å². The van der Waals surface area contributed by atoms with Crippen LogP contribution >= 0.6 is 15.9 Å². The first kappa shape index (κ1) is 16.0. The summed E-state index contributed by atoms with van der Waals surface area (Å²) in [6.07, 6.45) is 3.95. The minimum atomic E-state index is 0.407. The molecule has 0 saturated carbocycles. The lowest BCUT2D eigenvalue weighted by Crippen LogP contribution is -2.10. The highest BCUT2D eigenvalue weighted by molar-refractivity contribution is 9.09. The van der Waals surface area contributed by atoms with Crippen molar-refractivity contribution >= 4 is 15.9 Å². The maximum Gasteiger partial charge on any atom is 0.0589 e. The van der Waals surface area contributed by atoms with Crippen LogP contribution in [0.4, 0.5) is 0 Å². The highest BCUT2D eigenvalue weighted by atomic mass is 79.9. The normalized spacial score (nSPS) is 20.9. The molecule has 1 fully saturated rings. The van der Waals surface area contributed by atoms with Gasteiger partial charge in [0.15, 0.2) is 0 Å². The third-order valence-corrected chi connectivity index (χ3v) is 5.10.